The Hall–Kier alpha value is -3.45. The molecule has 1 N–H and O–H groups in total. The Balaban J connectivity index is 1.89. The Labute approximate surface area is 157 Å². The third-order valence-corrected chi connectivity index (χ3v) is 4.82. The number of benzene rings is 3. The van der Waals surface area contributed by atoms with Gasteiger partial charge in [0.05, 0.1) is 4.90 Å². The first-order valence-corrected chi connectivity index (χ1v) is 9.48. The van der Waals surface area contributed by atoms with E-state index >= 15 is 0 Å². The van der Waals surface area contributed by atoms with E-state index in [1.807, 2.05) is 0 Å². The molecule has 0 fully saturated rings. The third kappa shape index (κ3) is 4.80. The molecule has 3 rings (SSSR count). The van der Waals surface area contributed by atoms with Gasteiger partial charge in [-0.1, -0.05) is 54.6 Å². The Morgan fingerprint density at radius 2 is 1.22 bits per heavy atom. The molecule has 3 aromatic carbocycles. The summed E-state index contributed by atoms with van der Waals surface area (Å²) in [6, 6.07) is 24.7. The van der Waals surface area contributed by atoms with Crippen molar-refractivity contribution in [1.29, 1.82) is 0 Å². The number of sulfonamides is 1. The zero-order valence-electron chi connectivity index (χ0n) is 14.1. The highest BCUT2D eigenvalue weighted by Gasteiger charge is 2.17. The number of carbonyl (C=O) groups is 1. The summed E-state index contributed by atoms with van der Waals surface area (Å²) in [5, 5.41) is 0. The van der Waals surface area contributed by atoms with Gasteiger partial charge in [0.1, 0.15) is 0 Å². The highest BCUT2D eigenvalue weighted by atomic mass is 32.2. The summed E-state index contributed by atoms with van der Waals surface area (Å²) in [6.45, 7) is 0. The molecule has 3 aromatic rings. The summed E-state index contributed by atoms with van der Waals surface area (Å²) in [4.78, 5) is 17.5. The van der Waals surface area contributed by atoms with Gasteiger partial charge in [-0.3, -0.25) is 4.79 Å². The zero-order valence-corrected chi connectivity index (χ0v) is 15.0. The largest absolute Gasteiger partial charge is 0.357 e. The van der Waals surface area contributed by atoms with Crippen LogP contribution < -0.4 is 5.48 Å². The first kappa shape index (κ1) is 18.3. The molecule has 0 radical (unpaired) electrons. The van der Waals surface area contributed by atoms with Crippen molar-refractivity contribution < 1.29 is 18.0 Å². The summed E-state index contributed by atoms with van der Waals surface area (Å²) in [5.41, 5.74) is 3.02. The molecule has 0 spiro atoms. The predicted molar refractivity (Wildman–Crippen MR) is 102 cm³/mol. The normalized spacial score (nSPS) is 11.6. The van der Waals surface area contributed by atoms with E-state index in [1.54, 1.807) is 78.9 Å². The SMILES string of the molecule is O=C(NO/C(=N/S(=O)(=O)c1ccccc1)c1ccccc1)c1ccccc1. The van der Waals surface area contributed by atoms with Gasteiger partial charge in [-0.05, 0) is 36.4 Å². The lowest BCUT2D eigenvalue weighted by molar-refractivity contribution is 0.0738. The maximum atomic E-state index is 12.6. The van der Waals surface area contributed by atoms with Gasteiger partial charge in [0.25, 0.3) is 21.8 Å². The van der Waals surface area contributed by atoms with Gasteiger partial charge in [0.2, 0.25) is 0 Å². The molecule has 6 nitrogen and oxygen atoms in total. The second-order valence-corrected chi connectivity index (χ2v) is 7.05. The van der Waals surface area contributed by atoms with E-state index in [-0.39, 0.29) is 10.8 Å². The molecular weight excluding hydrogens is 364 g/mol. The van der Waals surface area contributed by atoms with Crippen LogP contribution in [0.2, 0.25) is 0 Å². The fraction of sp³-hybridized carbons (Fsp3) is 0. The molecule has 0 heterocycles. The van der Waals surface area contributed by atoms with Gasteiger partial charge < -0.3 is 4.84 Å². The quantitative estimate of drug-likeness (QED) is 0.428. The first-order chi connectivity index (χ1) is 13.1. The van der Waals surface area contributed by atoms with Gasteiger partial charge in [-0.25, -0.2) is 0 Å². The minimum atomic E-state index is -4.01. The van der Waals surface area contributed by atoms with E-state index in [1.165, 1.54) is 12.1 Å². The summed E-state index contributed by atoms with van der Waals surface area (Å²) in [5.74, 6) is -0.750. The minimum Gasteiger partial charge on any atom is -0.357 e. The molecule has 136 valence electrons. The topological polar surface area (TPSA) is 84.8 Å². The number of rotatable bonds is 4. The fourth-order valence-electron chi connectivity index (χ4n) is 2.21. The molecule has 0 aliphatic heterocycles. The van der Waals surface area contributed by atoms with Crippen LogP contribution in [0, 0.1) is 0 Å². The van der Waals surface area contributed by atoms with Crippen LogP contribution in [0.3, 0.4) is 0 Å². The van der Waals surface area contributed by atoms with Crippen LogP contribution in [0.1, 0.15) is 15.9 Å². The van der Waals surface area contributed by atoms with E-state index in [9.17, 15) is 13.2 Å². The second kappa shape index (κ2) is 8.29. The van der Waals surface area contributed by atoms with E-state index < -0.39 is 15.9 Å². The highest BCUT2D eigenvalue weighted by Crippen LogP contribution is 2.14. The van der Waals surface area contributed by atoms with E-state index in [2.05, 4.69) is 9.88 Å². The summed E-state index contributed by atoms with van der Waals surface area (Å²) < 4.78 is 28.9. The minimum absolute atomic E-state index is 0.0245. The monoisotopic (exact) mass is 380 g/mol. The van der Waals surface area contributed by atoms with Crippen LogP contribution in [0.25, 0.3) is 0 Å². The number of nitrogens with one attached hydrogen (secondary N) is 1. The molecule has 27 heavy (non-hydrogen) atoms. The molecule has 0 aromatic heterocycles. The molecule has 1 amide bonds. The molecule has 0 unspecified atom stereocenters. The average molecular weight is 380 g/mol. The van der Waals surface area contributed by atoms with Crippen LogP contribution in [0.4, 0.5) is 0 Å². The number of hydroxylamine groups is 1. The molecule has 0 saturated heterocycles. The maximum Gasteiger partial charge on any atom is 0.285 e. The van der Waals surface area contributed by atoms with E-state index in [4.69, 9.17) is 4.84 Å². The van der Waals surface area contributed by atoms with Gasteiger partial charge in [-0.15, -0.1) is 4.40 Å². The summed E-state index contributed by atoms with van der Waals surface area (Å²) in [6.07, 6.45) is 0. The van der Waals surface area contributed by atoms with E-state index in [0.29, 0.717) is 11.1 Å². The number of nitrogens with zero attached hydrogens (tertiary/aromatic N) is 1. The van der Waals surface area contributed by atoms with Crippen LogP contribution in [0.15, 0.2) is 100 Å². The number of amides is 1. The Kier molecular flexibility index (Phi) is 5.63. The van der Waals surface area contributed by atoms with Crippen molar-refractivity contribution in [2.45, 2.75) is 4.90 Å². The smallest absolute Gasteiger partial charge is 0.285 e. The zero-order chi connectivity index (χ0) is 19.1. The van der Waals surface area contributed by atoms with Crippen molar-refractivity contribution in [3.8, 4) is 0 Å². The van der Waals surface area contributed by atoms with E-state index in [0.717, 1.165) is 0 Å². The molecule has 0 atom stereocenters. The van der Waals surface area contributed by atoms with Gasteiger partial charge in [0, 0.05) is 11.1 Å². The summed E-state index contributed by atoms with van der Waals surface area (Å²) >= 11 is 0. The fourth-order valence-corrected chi connectivity index (χ4v) is 3.18. The predicted octanol–water partition coefficient (Wildman–Crippen LogP) is 3.18. The molecule has 0 bridgehead atoms. The molecule has 0 aliphatic rings. The average Bonchev–Trinajstić information content (AvgIpc) is 2.73. The van der Waals surface area contributed by atoms with Crippen molar-refractivity contribution in [3.63, 3.8) is 0 Å². The van der Waals surface area contributed by atoms with Crippen LogP contribution in [0.5, 0.6) is 0 Å². The molecular formula is C20H16N2O4S. The van der Waals surface area contributed by atoms with Crippen molar-refractivity contribution in [2.75, 3.05) is 0 Å². The first-order valence-electron chi connectivity index (χ1n) is 8.04. The van der Waals surface area contributed by atoms with Crippen molar-refractivity contribution in [3.05, 3.63) is 102 Å². The summed E-state index contributed by atoms with van der Waals surface area (Å²) in [7, 11) is -4.01. The number of carbonyl (C=O) groups excluding carboxylic acids is 1. The lowest BCUT2D eigenvalue weighted by Crippen LogP contribution is -2.28. The lowest BCUT2D eigenvalue weighted by atomic mass is 10.2. The number of hydrogen-bond donors (Lipinski definition) is 1. The molecule has 0 saturated carbocycles. The van der Waals surface area contributed by atoms with Gasteiger partial charge >= 0.3 is 0 Å². The standard InChI is InChI=1S/C20H16N2O4S/c23-19(16-10-4-1-5-11-16)21-26-20(17-12-6-2-7-13-17)22-27(24,25)18-14-8-3-9-15-18/h1-15H,(H,21,23)/b22-20+. The van der Waals surface area contributed by atoms with Crippen LogP contribution in [-0.4, -0.2) is 20.2 Å². The highest BCUT2D eigenvalue weighted by molar-refractivity contribution is 7.90. The van der Waals surface area contributed by atoms with Crippen molar-refractivity contribution in [1.82, 2.24) is 5.48 Å². The second-order valence-electron chi connectivity index (χ2n) is 5.45. The molecule has 0 aliphatic carbocycles. The van der Waals surface area contributed by atoms with Crippen LogP contribution in [-0.2, 0) is 14.9 Å². The number of hydrogen-bond acceptors (Lipinski definition) is 4. The Morgan fingerprint density at radius 3 is 1.78 bits per heavy atom. The van der Waals surface area contributed by atoms with Gasteiger partial charge in [-0.2, -0.15) is 13.9 Å². The Morgan fingerprint density at radius 1 is 0.741 bits per heavy atom. The Bertz CT molecular complexity index is 1040. The van der Waals surface area contributed by atoms with Crippen molar-refractivity contribution >= 4 is 21.8 Å². The third-order valence-electron chi connectivity index (χ3n) is 3.54. The lowest BCUT2D eigenvalue weighted by Gasteiger charge is -2.10. The molecule has 7 heteroatoms. The maximum absolute atomic E-state index is 12.6. The van der Waals surface area contributed by atoms with Gasteiger partial charge in [0.15, 0.2) is 0 Å². The van der Waals surface area contributed by atoms with Crippen LogP contribution >= 0.6 is 0 Å². The van der Waals surface area contributed by atoms with Crippen molar-refractivity contribution in [2.24, 2.45) is 4.40 Å².